The second-order valence-corrected chi connectivity index (χ2v) is 4.15. The molecule has 2 aromatic rings. The van der Waals surface area contributed by atoms with E-state index in [0.717, 1.165) is 6.07 Å². The minimum atomic E-state index is -0.626. The third-order valence-electron chi connectivity index (χ3n) is 2.68. The summed E-state index contributed by atoms with van der Waals surface area (Å²) in [5, 5.41) is 0.349. The second-order valence-electron chi connectivity index (χ2n) is 4.15. The van der Waals surface area contributed by atoms with Crippen molar-refractivity contribution >= 4 is 22.8 Å². The molecule has 0 saturated carbocycles. The molecule has 0 spiro atoms. The van der Waals surface area contributed by atoms with E-state index in [-0.39, 0.29) is 18.5 Å². The highest BCUT2D eigenvalue weighted by molar-refractivity contribution is 5.92. The predicted octanol–water partition coefficient (Wildman–Crippen LogP) is 0.577. The van der Waals surface area contributed by atoms with Crippen molar-refractivity contribution in [2.45, 2.75) is 6.42 Å². The first kappa shape index (κ1) is 13.8. The van der Waals surface area contributed by atoms with Crippen LogP contribution in [-0.2, 0) is 6.42 Å². The summed E-state index contributed by atoms with van der Waals surface area (Å²) in [6, 6.07) is 2.08. The van der Waals surface area contributed by atoms with Crippen molar-refractivity contribution in [2.24, 2.45) is 27.2 Å². The minimum absolute atomic E-state index is 0.0450. The molecular weight excluding hydrogens is 266 g/mol. The molecule has 8 heteroatoms. The standard InChI is InChI=1S/C12H14F2N6/c13-7-3-8(14)10-6(5-19-9(10)4-7)1-2-18-12(17)20-11(15)16/h3-5,19H,1-2H2,(H6,15,16,17,18,20). The van der Waals surface area contributed by atoms with Gasteiger partial charge in [0.15, 0.2) is 5.96 Å². The molecule has 20 heavy (non-hydrogen) atoms. The lowest BCUT2D eigenvalue weighted by Crippen LogP contribution is -2.26. The van der Waals surface area contributed by atoms with Gasteiger partial charge in [-0.2, -0.15) is 4.99 Å². The van der Waals surface area contributed by atoms with Crippen molar-refractivity contribution in [3.8, 4) is 0 Å². The summed E-state index contributed by atoms with van der Waals surface area (Å²) in [7, 11) is 0. The number of guanidine groups is 2. The molecule has 6 nitrogen and oxygen atoms in total. The van der Waals surface area contributed by atoms with E-state index < -0.39 is 11.6 Å². The van der Waals surface area contributed by atoms with Crippen LogP contribution in [0.1, 0.15) is 5.56 Å². The van der Waals surface area contributed by atoms with E-state index in [1.165, 1.54) is 6.07 Å². The van der Waals surface area contributed by atoms with Crippen molar-refractivity contribution in [2.75, 3.05) is 6.54 Å². The molecule has 0 atom stereocenters. The highest BCUT2D eigenvalue weighted by Crippen LogP contribution is 2.23. The van der Waals surface area contributed by atoms with Gasteiger partial charge in [-0.3, -0.25) is 4.99 Å². The Bertz CT molecular complexity index is 685. The number of fused-ring (bicyclic) bond motifs is 1. The number of nitrogens with two attached hydrogens (primary N) is 3. The van der Waals surface area contributed by atoms with Gasteiger partial charge in [-0.25, -0.2) is 8.78 Å². The first-order valence-corrected chi connectivity index (χ1v) is 5.82. The van der Waals surface area contributed by atoms with Gasteiger partial charge in [0.05, 0.1) is 5.52 Å². The second kappa shape index (κ2) is 5.55. The number of aromatic amines is 1. The Labute approximate surface area is 113 Å². The van der Waals surface area contributed by atoms with Crippen LogP contribution in [0.15, 0.2) is 28.3 Å². The molecule has 106 valence electrons. The third kappa shape index (κ3) is 3.02. The lowest BCUT2D eigenvalue weighted by atomic mass is 10.1. The summed E-state index contributed by atoms with van der Waals surface area (Å²) in [6.07, 6.45) is 2.03. The normalized spacial score (nSPS) is 11.8. The van der Waals surface area contributed by atoms with Gasteiger partial charge in [0.25, 0.3) is 0 Å². The zero-order valence-electron chi connectivity index (χ0n) is 10.5. The van der Waals surface area contributed by atoms with Gasteiger partial charge in [-0.1, -0.05) is 0 Å². The Balaban J connectivity index is 2.17. The Morgan fingerprint density at radius 3 is 2.65 bits per heavy atom. The van der Waals surface area contributed by atoms with Gasteiger partial charge < -0.3 is 22.2 Å². The van der Waals surface area contributed by atoms with E-state index in [4.69, 9.17) is 17.2 Å². The number of benzene rings is 1. The third-order valence-corrected chi connectivity index (χ3v) is 2.68. The van der Waals surface area contributed by atoms with E-state index in [1.54, 1.807) is 6.20 Å². The fraction of sp³-hybridized carbons (Fsp3) is 0.167. The Kier molecular flexibility index (Phi) is 3.83. The van der Waals surface area contributed by atoms with Crippen molar-refractivity contribution in [3.05, 3.63) is 35.5 Å². The number of halogens is 2. The fourth-order valence-corrected chi connectivity index (χ4v) is 1.91. The Morgan fingerprint density at radius 1 is 1.20 bits per heavy atom. The van der Waals surface area contributed by atoms with Crippen LogP contribution in [0.25, 0.3) is 10.9 Å². The maximum atomic E-state index is 13.7. The summed E-state index contributed by atoms with van der Waals surface area (Å²) >= 11 is 0. The molecule has 0 bridgehead atoms. The summed E-state index contributed by atoms with van der Waals surface area (Å²) in [6.45, 7) is 0.284. The number of hydrogen-bond acceptors (Lipinski definition) is 1. The topological polar surface area (TPSA) is 119 Å². The number of aromatic nitrogens is 1. The molecule has 0 aliphatic carbocycles. The number of hydrogen-bond donors (Lipinski definition) is 4. The number of nitrogens with one attached hydrogen (secondary N) is 1. The quantitative estimate of drug-likeness (QED) is 0.486. The van der Waals surface area contributed by atoms with E-state index in [0.29, 0.717) is 22.9 Å². The molecule has 1 aromatic heterocycles. The Hall–Kier alpha value is -2.64. The molecule has 0 saturated heterocycles. The number of aliphatic imine (C=N–C) groups is 2. The molecular formula is C12H14F2N6. The van der Waals surface area contributed by atoms with Gasteiger partial charge in [0.1, 0.15) is 11.6 Å². The summed E-state index contributed by atoms with van der Waals surface area (Å²) < 4.78 is 26.8. The minimum Gasteiger partial charge on any atom is -0.370 e. The van der Waals surface area contributed by atoms with E-state index >= 15 is 0 Å². The molecule has 2 rings (SSSR count). The van der Waals surface area contributed by atoms with Crippen molar-refractivity contribution in [3.63, 3.8) is 0 Å². The molecule has 7 N–H and O–H groups in total. The summed E-state index contributed by atoms with van der Waals surface area (Å²) in [4.78, 5) is 10.3. The molecule has 0 fully saturated rings. The largest absolute Gasteiger partial charge is 0.370 e. The van der Waals surface area contributed by atoms with Crippen LogP contribution in [0.2, 0.25) is 0 Å². The van der Waals surface area contributed by atoms with Crippen molar-refractivity contribution in [1.29, 1.82) is 0 Å². The van der Waals surface area contributed by atoms with Gasteiger partial charge in [0, 0.05) is 24.2 Å². The van der Waals surface area contributed by atoms with Gasteiger partial charge >= 0.3 is 0 Å². The van der Waals surface area contributed by atoms with Gasteiger partial charge in [0.2, 0.25) is 5.96 Å². The zero-order chi connectivity index (χ0) is 14.7. The number of nitrogens with zero attached hydrogens (tertiary/aromatic N) is 2. The van der Waals surface area contributed by atoms with Crippen LogP contribution in [0, 0.1) is 11.6 Å². The molecule has 0 radical (unpaired) electrons. The monoisotopic (exact) mass is 280 g/mol. The SMILES string of the molecule is NC(N)=NC(N)=NCCc1c[nH]c2cc(F)cc(F)c12. The smallest absolute Gasteiger partial charge is 0.218 e. The molecule has 0 aliphatic rings. The van der Waals surface area contributed by atoms with Crippen LogP contribution in [-0.4, -0.2) is 23.4 Å². The zero-order valence-corrected chi connectivity index (χ0v) is 10.5. The average molecular weight is 280 g/mol. The first-order chi connectivity index (χ1) is 9.47. The average Bonchev–Trinajstić information content (AvgIpc) is 2.71. The molecule has 1 aromatic carbocycles. The van der Waals surface area contributed by atoms with E-state index in [9.17, 15) is 8.78 Å². The summed E-state index contributed by atoms with van der Waals surface area (Å²) in [5.41, 5.74) is 16.8. The lowest BCUT2D eigenvalue weighted by Gasteiger charge is -1.99. The van der Waals surface area contributed by atoms with E-state index in [2.05, 4.69) is 15.0 Å². The Morgan fingerprint density at radius 2 is 1.95 bits per heavy atom. The van der Waals surface area contributed by atoms with Crippen molar-refractivity contribution in [1.82, 2.24) is 4.98 Å². The number of H-pyrrole nitrogens is 1. The highest BCUT2D eigenvalue weighted by atomic mass is 19.1. The van der Waals surface area contributed by atoms with Crippen LogP contribution in [0.5, 0.6) is 0 Å². The van der Waals surface area contributed by atoms with E-state index in [1.807, 2.05) is 0 Å². The first-order valence-electron chi connectivity index (χ1n) is 5.82. The number of rotatable bonds is 3. The predicted molar refractivity (Wildman–Crippen MR) is 74.2 cm³/mol. The van der Waals surface area contributed by atoms with Crippen LogP contribution in [0.4, 0.5) is 8.78 Å². The van der Waals surface area contributed by atoms with Gasteiger partial charge in [-0.05, 0) is 18.1 Å². The summed E-state index contributed by atoms with van der Waals surface area (Å²) in [5.74, 6) is -1.47. The molecule has 1 heterocycles. The molecule has 0 aliphatic heterocycles. The molecule has 0 amide bonds. The van der Waals surface area contributed by atoms with Gasteiger partial charge in [-0.15, -0.1) is 0 Å². The van der Waals surface area contributed by atoms with Crippen LogP contribution < -0.4 is 17.2 Å². The maximum absolute atomic E-state index is 13.7. The lowest BCUT2D eigenvalue weighted by molar-refractivity contribution is 0.591. The molecule has 0 unspecified atom stereocenters. The highest BCUT2D eigenvalue weighted by Gasteiger charge is 2.10. The van der Waals surface area contributed by atoms with Crippen molar-refractivity contribution < 1.29 is 8.78 Å². The van der Waals surface area contributed by atoms with Crippen LogP contribution >= 0.6 is 0 Å². The maximum Gasteiger partial charge on any atom is 0.218 e. The fourth-order valence-electron chi connectivity index (χ4n) is 1.91. The van der Waals surface area contributed by atoms with Crippen LogP contribution in [0.3, 0.4) is 0 Å².